The molecule has 0 radical (unpaired) electrons. The van der Waals surface area contributed by atoms with Gasteiger partial charge in [-0.15, -0.1) is 24.8 Å². The zero-order valence-electron chi connectivity index (χ0n) is 10.7. The van der Waals surface area contributed by atoms with Crippen LogP contribution in [0.3, 0.4) is 0 Å². The summed E-state index contributed by atoms with van der Waals surface area (Å²) in [6.07, 6.45) is 5.96. The highest BCUT2D eigenvalue weighted by atomic mass is 35.5. The van der Waals surface area contributed by atoms with Crippen LogP contribution < -0.4 is 10.2 Å². The Morgan fingerprint density at radius 1 is 1.33 bits per heavy atom. The average Bonchev–Trinajstić information content (AvgIpc) is 2.38. The third kappa shape index (κ3) is 4.96. The summed E-state index contributed by atoms with van der Waals surface area (Å²) in [6, 6.07) is 1.99. The van der Waals surface area contributed by atoms with Gasteiger partial charge in [0.1, 0.15) is 12.1 Å². The fraction of sp³-hybridized carbons (Fsp3) is 0.667. The van der Waals surface area contributed by atoms with Crippen molar-refractivity contribution in [2.24, 2.45) is 5.92 Å². The second-order valence-corrected chi connectivity index (χ2v) is 4.31. The van der Waals surface area contributed by atoms with Gasteiger partial charge in [0.05, 0.1) is 0 Å². The van der Waals surface area contributed by atoms with Crippen molar-refractivity contribution in [1.29, 1.82) is 0 Å². The van der Waals surface area contributed by atoms with Gasteiger partial charge in [0.25, 0.3) is 0 Å². The normalized spacial score (nSPS) is 15.7. The SMILES string of the molecule is CCNCC1CCN(c2ccncn2)CC1.Cl.Cl. The number of nitrogens with one attached hydrogen (secondary N) is 1. The summed E-state index contributed by atoms with van der Waals surface area (Å²) in [4.78, 5) is 10.6. The summed E-state index contributed by atoms with van der Waals surface area (Å²) in [5.74, 6) is 1.90. The Kier molecular flexibility index (Phi) is 9.06. The monoisotopic (exact) mass is 292 g/mol. The number of hydrogen-bond acceptors (Lipinski definition) is 4. The van der Waals surface area contributed by atoms with E-state index in [1.807, 2.05) is 12.3 Å². The smallest absolute Gasteiger partial charge is 0.131 e. The Labute approximate surface area is 121 Å². The van der Waals surface area contributed by atoms with Crippen LogP contribution in [0.1, 0.15) is 19.8 Å². The van der Waals surface area contributed by atoms with Crippen molar-refractivity contribution >= 4 is 30.6 Å². The first-order valence-electron chi connectivity index (χ1n) is 6.12. The molecule has 0 spiro atoms. The van der Waals surface area contributed by atoms with Crippen LogP contribution in [0.2, 0.25) is 0 Å². The lowest BCUT2D eigenvalue weighted by Crippen LogP contribution is -2.37. The summed E-state index contributed by atoms with van der Waals surface area (Å²) in [5.41, 5.74) is 0. The molecule has 104 valence electrons. The van der Waals surface area contributed by atoms with Gasteiger partial charge in [0.2, 0.25) is 0 Å². The van der Waals surface area contributed by atoms with E-state index in [1.54, 1.807) is 6.33 Å². The van der Waals surface area contributed by atoms with E-state index in [0.29, 0.717) is 0 Å². The summed E-state index contributed by atoms with van der Waals surface area (Å²) in [7, 11) is 0. The van der Waals surface area contributed by atoms with Crippen molar-refractivity contribution in [1.82, 2.24) is 15.3 Å². The Bertz CT molecular complexity index is 302. The van der Waals surface area contributed by atoms with E-state index >= 15 is 0 Å². The number of piperidine rings is 1. The molecule has 0 aromatic carbocycles. The molecule has 2 heterocycles. The van der Waals surface area contributed by atoms with Gasteiger partial charge >= 0.3 is 0 Å². The molecule has 0 saturated carbocycles. The van der Waals surface area contributed by atoms with Crippen molar-refractivity contribution in [3.8, 4) is 0 Å². The van der Waals surface area contributed by atoms with Gasteiger partial charge in [-0.1, -0.05) is 6.92 Å². The molecule has 0 amide bonds. The minimum Gasteiger partial charge on any atom is -0.357 e. The molecule has 18 heavy (non-hydrogen) atoms. The largest absolute Gasteiger partial charge is 0.357 e. The number of halogens is 2. The number of aromatic nitrogens is 2. The molecule has 2 rings (SSSR count). The minimum atomic E-state index is 0. The molecule has 1 fully saturated rings. The van der Waals surface area contributed by atoms with Crippen molar-refractivity contribution in [3.63, 3.8) is 0 Å². The van der Waals surface area contributed by atoms with E-state index in [9.17, 15) is 0 Å². The molecule has 0 atom stereocenters. The summed E-state index contributed by atoms with van der Waals surface area (Å²) in [5, 5.41) is 3.43. The lowest BCUT2D eigenvalue weighted by Gasteiger charge is -2.32. The molecular formula is C12H22Cl2N4. The van der Waals surface area contributed by atoms with Crippen LogP contribution in [0, 0.1) is 5.92 Å². The molecule has 1 aromatic heterocycles. The quantitative estimate of drug-likeness (QED) is 0.923. The zero-order valence-corrected chi connectivity index (χ0v) is 12.3. The molecule has 1 aliphatic rings. The van der Waals surface area contributed by atoms with E-state index in [0.717, 1.165) is 37.9 Å². The number of rotatable bonds is 4. The third-order valence-corrected chi connectivity index (χ3v) is 3.19. The first kappa shape index (κ1) is 17.4. The maximum Gasteiger partial charge on any atom is 0.131 e. The highest BCUT2D eigenvalue weighted by molar-refractivity contribution is 5.85. The predicted molar refractivity (Wildman–Crippen MR) is 80.0 cm³/mol. The van der Waals surface area contributed by atoms with E-state index in [1.165, 1.54) is 12.8 Å². The molecule has 1 aromatic rings. The fourth-order valence-electron chi connectivity index (χ4n) is 2.19. The summed E-state index contributed by atoms with van der Waals surface area (Å²) in [6.45, 7) is 6.64. The van der Waals surface area contributed by atoms with Crippen LogP contribution in [-0.4, -0.2) is 36.1 Å². The van der Waals surface area contributed by atoms with Crippen molar-refractivity contribution < 1.29 is 0 Å². The Morgan fingerprint density at radius 2 is 2.06 bits per heavy atom. The molecule has 6 heteroatoms. The van der Waals surface area contributed by atoms with Crippen LogP contribution in [0.25, 0.3) is 0 Å². The molecule has 1 saturated heterocycles. The molecular weight excluding hydrogens is 271 g/mol. The van der Waals surface area contributed by atoms with Gasteiger partial charge in [-0.25, -0.2) is 9.97 Å². The molecule has 0 bridgehead atoms. The van der Waals surface area contributed by atoms with Crippen molar-refractivity contribution in [2.45, 2.75) is 19.8 Å². The van der Waals surface area contributed by atoms with Gasteiger partial charge in [0, 0.05) is 19.3 Å². The maximum atomic E-state index is 4.29. The topological polar surface area (TPSA) is 41.0 Å². The molecule has 4 nitrogen and oxygen atoms in total. The standard InChI is InChI=1S/C12H20N4.2ClH/c1-2-13-9-11-4-7-16(8-5-11)12-3-6-14-10-15-12;;/h3,6,10-11,13H,2,4-5,7-9H2,1H3;2*1H. The van der Waals surface area contributed by atoms with Gasteiger partial charge in [-0.05, 0) is 37.9 Å². The highest BCUT2D eigenvalue weighted by Crippen LogP contribution is 2.20. The van der Waals surface area contributed by atoms with Crippen molar-refractivity contribution in [3.05, 3.63) is 18.6 Å². The van der Waals surface area contributed by atoms with E-state index in [2.05, 4.69) is 27.1 Å². The van der Waals surface area contributed by atoms with Crippen LogP contribution in [0.4, 0.5) is 5.82 Å². The number of anilines is 1. The Morgan fingerprint density at radius 3 is 2.61 bits per heavy atom. The summed E-state index contributed by atoms with van der Waals surface area (Å²) >= 11 is 0. The van der Waals surface area contributed by atoms with Gasteiger partial charge in [-0.3, -0.25) is 0 Å². The van der Waals surface area contributed by atoms with E-state index < -0.39 is 0 Å². The summed E-state index contributed by atoms with van der Waals surface area (Å²) < 4.78 is 0. The fourth-order valence-corrected chi connectivity index (χ4v) is 2.19. The second kappa shape index (κ2) is 9.36. The maximum absolute atomic E-state index is 4.29. The van der Waals surface area contributed by atoms with E-state index in [-0.39, 0.29) is 24.8 Å². The van der Waals surface area contributed by atoms with Crippen LogP contribution >= 0.6 is 24.8 Å². The third-order valence-electron chi connectivity index (χ3n) is 3.19. The molecule has 1 N–H and O–H groups in total. The zero-order chi connectivity index (χ0) is 11.2. The molecule has 0 unspecified atom stereocenters. The second-order valence-electron chi connectivity index (χ2n) is 4.31. The average molecular weight is 293 g/mol. The van der Waals surface area contributed by atoms with Gasteiger partial charge in [-0.2, -0.15) is 0 Å². The van der Waals surface area contributed by atoms with Crippen LogP contribution in [0.5, 0.6) is 0 Å². The van der Waals surface area contributed by atoms with Gasteiger partial charge in [0.15, 0.2) is 0 Å². The van der Waals surface area contributed by atoms with Crippen LogP contribution in [-0.2, 0) is 0 Å². The highest BCUT2D eigenvalue weighted by Gasteiger charge is 2.19. The molecule has 1 aliphatic heterocycles. The van der Waals surface area contributed by atoms with Gasteiger partial charge < -0.3 is 10.2 Å². The predicted octanol–water partition coefficient (Wildman–Crippen LogP) is 2.15. The van der Waals surface area contributed by atoms with E-state index in [4.69, 9.17) is 0 Å². The Balaban J connectivity index is 0.00000144. The first-order chi connectivity index (χ1) is 7.90. The minimum absolute atomic E-state index is 0. The lowest BCUT2D eigenvalue weighted by atomic mass is 9.97. The first-order valence-corrected chi connectivity index (χ1v) is 6.12. The van der Waals surface area contributed by atoms with Crippen LogP contribution in [0.15, 0.2) is 18.6 Å². The number of hydrogen-bond donors (Lipinski definition) is 1. The molecule has 0 aliphatic carbocycles. The number of nitrogens with zero attached hydrogens (tertiary/aromatic N) is 3. The van der Waals surface area contributed by atoms with Crippen molar-refractivity contribution in [2.75, 3.05) is 31.1 Å². The lowest BCUT2D eigenvalue weighted by molar-refractivity contribution is 0.385. The Hall–Kier alpha value is -0.580.